The highest BCUT2D eigenvalue weighted by Crippen LogP contribution is 2.39. The zero-order chi connectivity index (χ0) is 27.6. The number of hydrogen-bond acceptors (Lipinski definition) is 1. The lowest BCUT2D eigenvalue weighted by Gasteiger charge is -2.13. The molecule has 0 amide bonds. The third kappa shape index (κ3) is 4.24. The Labute approximate surface area is 235 Å². The summed E-state index contributed by atoms with van der Waals surface area (Å²) in [6, 6.07) is 43.7. The van der Waals surface area contributed by atoms with Crippen molar-refractivity contribution in [1.82, 2.24) is 4.57 Å². The predicted molar refractivity (Wildman–Crippen MR) is 175 cm³/mol. The fourth-order valence-corrected chi connectivity index (χ4v) is 5.67. The van der Waals surface area contributed by atoms with Crippen LogP contribution < -0.4 is 5.73 Å². The Morgan fingerprint density at radius 3 is 2.12 bits per heavy atom. The van der Waals surface area contributed by atoms with E-state index in [1.165, 1.54) is 60.2 Å². The van der Waals surface area contributed by atoms with Crippen LogP contribution in [0, 0.1) is 0 Å². The van der Waals surface area contributed by atoms with E-state index in [0.717, 1.165) is 11.3 Å². The number of fused-ring (bicyclic) bond motifs is 6. The molecule has 0 aliphatic carbocycles. The largest absolute Gasteiger partial charge is 0.399 e. The van der Waals surface area contributed by atoms with Crippen LogP contribution in [-0.4, -0.2) is 4.57 Å². The Hall–Kier alpha value is -5.08. The molecule has 0 saturated carbocycles. The van der Waals surface area contributed by atoms with E-state index in [0.29, 0.717) is 0 Å². The Morgan fingerprint density at radius 2 is 1.30 bits per heavy atom. The van der Waals surface area contributed by atoms with Crippen molar-refractivity contribution >= 4 is 49.0 Å². The number of allylic oxidation sites excluding steroid dienone is 2. The van der Waals surface area contributed by atoms with Gasteiger partial charge in [-0.25, -0.2) is 0 Å². The first-order valence-corrected chi connectivity index (χ1v) is 13.7. The molecule has 0 aliphatic rings. The molecule has 194 valence electrons. The Kier molecular flexibility index (Phi) is 6.67. The van der Waals surface area contributed by atoms with Crippen molar-refractivity contribution in [2.45, 2.75) is 13.8 Å². The van der Waals surface area contributed by atoms with Gasteiger partial charge in [-0.15, -0.1) is 6.58 Å². The molecule has 2 N–H and O–H groups in total. The van der Waals surface area contributed by atoms with Crippen LogP contribution in [0.15, 0.2) is 140 Å². The number of hydrogen-bond donors (Lipinski definition) is 1. The van der Waals surface area contributed by atoms with E-state index in [1.807, 2.05) is 19.9 Å². The molecule has 6 aromatic carbocycles. The summed E-state index contributed by atoms with van der Waals surface area (Å²) in [7, 11) is 0. The van der Waals surface area contributed by atoms with Crippen LogP contribution >= 0.6 is 0 Å². The summed E-state index contributed by atoms with van der Waals surface area (Å²) in [5.74, 6) is 0. The molecule has 1 aromatic heterocycles. The second-order valence-corrected chi connectivity index (χ2v) is 9.98. The standard InChI is InChI=1S/C35H26N2.C3H6/c1-2-32(36)27-12-7-11-24(22-27)25-17-19-29-26(21-25)18-20-31-30-14-5-6-15-34(30)37(35(29)31)33-16-8-10-23-9-3-4-13-28(23)33;1-3-2/h2-22H,36H2,1H3;3H,1H2,2H3/b32-2-;. The molecule has 40 heavy (non-hydrogen) atoms. The zero-order valence-electron chi connectivity index (χ0n) is 22.9. The van der Waals surface area contributed by atoms with Crippen LogP contribution in [0.1, 0.15) is 19.4 Å². The van der Waals surface area contributed by atoms with Gasteiger partial charge >= 0.3 is 0 Å². The summed E-state index contributed by atoms with van der Waals surface area (Å²) in [5, 5.41) is 7.50. The molecule has 0 atom stereocenters. The summed E-state index contributed by atoms with van der Waals surface area (Å²) >= 11 is 0. The third-order valence-corrected chi connectivity index (χ3v) is 7.50. The molecule has 7 rings (SSSR count). The van der Waals surface area contributed by atoms with Crippen molar-refractivity contribution in [2.75, 3.05) is 0 Å². The average Bonchev–Trinajstić information content (AvgIpc) is 3.35. The molecule has 0 spiro atoms. The lowest BCUT2D eigenvalue weighted by molar-refractivity contribution is 1.20. The maximum Gasteiger partial charge on any atom is 0.0619 e. The van der Waals surface area contributed by atoms with Gasteiger partial charge in [0.05, 0.1) is 16.7 Å². The summed E-state index contributed by atoms with van der Waals surface area (Å²) in [5.41, 5.74) is 14.1. The second kappa shape index (κ2) is 10.6. The van der Waals surface area contributed by atoms with Crippen LogP contribution in [0.2, 0.25) is 0 Å². The van der Waals surface area contributed by atoms with Gasteiger partial charge in [-0.05, 0) is 65.6 Å². The number of para-hydroxylation sites is 1. The molecule has 0 saturated heterocycles. The van der Waals surface area contributed by atoms with Gasteiger partial charge in [0.15, 0.2) is 0 Å². The number of rotatable bonds is 3. The fraction of sp³-hybridized carbons (Fsp3) is 0.0526. The van der Waals surface area contributed by atoms with E-state index in [-0.39, 0.29) is 0 Å². The average molecular weight is 517 g/mol. The number of nitrogens with two attached hydrogens (primary N) is 1. The van der Waals surface area contributed by atoms with E-state index in [4.69, 9.17) is 5.73 Å². The number of aromatic nitrogens is 1. The van der Waals surface area contributed by atoms with Crippen molar-refractivity contribution in [1.29, 1.82) is 0 Å². The van der Waals surface area contributed by atoms with Crippen molar-refractivity contribution in [2.24, 2.45) is 5.73 Å². The molecule has 0 aliphatic heterocycles. The van der Waals surface area contributed by atoms with Gasteiger partial charge in [0.25, 0.3) is 0 Å². The lowest BCUT2D eigenvalue weighted by Crippen LogP contribution is -1.96. The van der Waals surface area contributed by atoms with E-state index >= 15 is 0 Å². The monoisotopic (exact) mass is 516 g/mol. The highest BCUT2D eigenvalue weighted by atomic mass is 15.0. The highest BCUT2D eigenvalue weighted by molar-refractivity contribution is 6.19. The fourth-order valence-electron chi connectivity index (χ4n) is 5.67. The van der Waals surface area contributed by atoms with Crippen molar-refractivity contribution in [3.63, 3.8) is 0 Å². The van der Waals surface area contributed by atoms with Gasteiger partial charge in [-0.2, -0.15) is 0 Å². The summed E-state index contributed by atoms with van der Waals surface area (Å²) < 4.78 is 2.45. The van der Waals surface area contributed by atoms with Crippen molar-refractivity contribution in [3.8, 4) is 16.8 Å². The summed E-state index contributed by atoms with van der Waals surface area (Å²) in [6.07, 6.45) is 3.70. The first kappa shape index (κ1) is 25.2. The van der Waals surface area contributed by atoms with Crippen LogP contribution in [0.3, 0.4) is 0 Å². The quantitative estimate of drug-likeness (QED) is 0.233. The minimum absolute atomic E-state index is 0.795. The minimum atomic E-state index is 0.795. The Balaban J connectivity index is 0.000000925. The normalized spacial score (nSPS) is 11.6. The van der Waals surface area contributed by atoms with Crippen molar-refractivity contribution in [3.05, 3.63) is 146 Å². The Bertz CT molecular complexity index is 2050. The van der Waals surface area contributed by atoms with Gasteiger partial charge < -0.3 is 10.3 Å². The van der Waals surface area contributed by atoms with Gasteiger partial charge in [0, 0.05) is 27.2 Å². The van der Waals surface area contributed by atoms with Crippen LogP contribution in [0.4, 0.5) is 0 Å². The minimum Gasteiger partial charge on any atom is -0.399 e. The summed E-state index contributed by atoms with van der Waals surface area (Å²) in [6.45, 7) is 7.22. The van der Waals surface area contributed by atoms with Crippen LogP contribution in [-0.2, 0) is 0 Å². The second-order valence-electron chi connectivity index (χ2n) is 9.98. The first-order chi connectivity index (χ1) is 19.6. The molecule has 0 bridgehead atoms. The molecule has 0 radical (unpaired) electrons. The maximum atomic E-state index is 6.20. The predicted octanol–water partition coefficient (Wildman–Crippen LogP) is 10.3. The molecule has 7 aromatic rings. The van der Waals surface area contributed by atoms with Gasteiger partial charge in [-0.1, -0.05) is 109 Å². The molecular formula is C38H32N2. The van der Waals surface area contributed by atoms with Crippen molar-refractivity contribution < 1.29 is 0 Å². The summed E-state index contributed by atoms with van der Waals surface area (Å²) in [4.78, 5) is 0. The number of nitrogens with zero attached hydrogens (tertiary/aromatic N) is 1. The topological polar surface area (TPSA) is 30.9 Å². The van der Waals surface area contributed by atoms with E-state index < -0.39 is 0 Å². The van der Waals surface area contributed by atoms with Gasteiger partial charge in [0.2, 0.25) is 0 Å². The van der Waals surface area contributed by atoms with Gasteiger partial charge in [0.1, 0.15) is 0 Å². The molecule has 0 fully saturated rings. The first-order valence-electron chi connectivity index (χ1n) is 13.7. The zero-order valence-corrected chi connectivity index (χ0v) is 22.9. The van der Waals surface area contributed by atoms with Gasteiger partial charge in [-0.3, -0.25) is 0 Å². The number of benzene rings is 6. The molecular weight excluding hydrogens is 484 g/mol. The highest BCUT2D eigenvalue weighted by Gasteiger charge is 2.16. The third-order valence-electron chi connectivity index (χ3n) is 7.50. The van der Waals surface area contributed by atoms with Crippen LogP contribution in [0.5, 0.6) is 0 Å². The van der Waals surface area contributed by atoms with E-state index in [2.05, 4.69) is 132 Å². The molecule has 1 heterocycles. The molecule has 0 unspecified atom stereocenters. The molecule has 2 nitrogen and oxygen atoms in total. The molecule has 2 heteroatoms. The van der Waals surface area contributed by atoms with Crippen LogP contribution in [0.25, 0.3) is 65.9 Å². The SMILES string of the molecule is C/C=C(\N)c1cccc(-c2ccc3c(ccc4c5ccccc5n(-c5cccc6ccccc56)c34)c2)c1.C=CC. The van der Waals surface area contributed by atoms with E-state index in [9.17, 15) is 0 Å². The lowest BCUT2D eigenvalue weighted by atomic mass is 9.97. The smallest absolute Gasteiger partial charge is 0.0619 e. The van der Waals surface area contributed by atoms with E-state index in [1.54, 1.807) is 6.08 Å². The Morgan fingerprint density at radius 1 is 0.625 bits per heavy atom. The maximum absolute atomic E-state index is 6.20.